The molecule has 0 aliphatic rings. The first-order chi connectivity index (χ1) is 5.59. The number of hydrogen-bond donors (Lipinski definition) is 0. The number of aryl methyl sites for hydroxylation is 2. The molecule has 1 aromatic rings. The summed E-state index contributed by atoms with van der Waals surface area (Å²) in [6.07, 6.45) is 0. The number of hydrogen-bond acceptors (Lipinski definition) is 3. The number of nitrogens with zero attached hydrogens (tertiary/aromatic N) is 1. The molecule has 3 heteroatoms. The van der Waals surface area contributed by atoms with Crippen molar-refractivity contribution in [1.82, 2.24) is 4.98 Å². The van der Waals surface area contributed by atoms with E-state index in [-0.39, 0.29) is 0 Å². The minimum absolute atomic E-state index is 0.750. The molecule has 1 heterocycles. The Morgan fingerprint density at radius 3 is 2.50 bits per heavy atom. The second kappa shape index (κ2) is 4.28. The van der Waals surface area contributed by atoms with Crippen LogP contribution in [0.4, 0.5) is 0 Å². The van der Waals surface area contributed by atoms with Crippen LogP contribution in [0, 0.1) is 19.8 Å². The Bertz CT molecular complexity index is 234. The molecular weight excluding hydrogens is 186 g/mol. The average Bonchev–Trinajstić information content (AvgIpc) is 2.28. The third-order valence-electron chi connectivity index (χ3n) is 1.55. The fourth-order valence-electron chi connectivity index (χ4n) is 0.743. The van der Waals surface area contributed by atoms with E-state index in [4.69, 9.17) is 0 Å². The summed E-state index contributed by atoms with van der Waals surface area (Å²) in [6.45, 7) is 8.68. The molecule has 1 nitrogen and oxygen atoms in total. The highest BCUT2D eigenvalue weighted by Crippen LogP contribution is 2.27. The number of aromatic nitrogens is 1. The molecule has 68 valence electrons. The van der Waals surface area contributed by atoms with Crippen LogP contribution in [0.15, 0.2) is 4.34 Å². The van der Waals surface area contributed by atoms with Gasteiger partial charge in [-0.3, -0.25) is 0 Å². The second-order valence-corrected chi connectivity index (χ2v) is 5.80. The van der Waals surface area contributed by atoms with Gasteiger partial charge in [0, 0.05) is 10.6 Å². The van der Waals surface area contributed by atoms with Crippen molar-refractivity contribution >= 4 is 23.1 Å². The zero-order valence-corrected chi connectivity index (χ0v) is 9.68. The smallest absolute Gasteiger partial charge is 0.150 e. The molecule has 0 aliphatic heterocycles. The average molecular weight is 201 g/mol. The molecule has 0 N–H and O–H groups in total. The lowest BCUT2D eigenvalue weighted by Gasteiger charge is -1.99. The molecule has 1 aromatic heterocycles. The molecule has 0 atom stereocenters. The summed E-state index contributed by atoms with van der Waals surface area (Å²) >= 11 is 3.68. The molecule has 0 aromatic carbocycles. The molecular formula is C9H15NS2. The van der Waals surface area contributed by atoms with Crippen molar-refractivity contribution < 1.29 is 0 Å². The highest BCUT2D eigenvalue weighted by atomic mass is 32.2. The molecule has 0 saturated heterocycles. The van der Waals surface area contributed by atoms with E-state index < -0.39 is 0 Å². The van der Waals surface area contributed by atoms with Crippen molar-refractivity contribution in [2.24, 2.45) is 5.92 Å². The van der Waals surface area contributed by atoms with Gasteiger partial charge in [-0.25, -0.2) is 4.98 Å². The maximum atomic E-state index is 4.46. The van der Waals surface area contributed by atoms with E-state index in [1.807, 2.05) is 23.1 Å². The van der Waals surface area contributed by atoms with E-state index in [0.29, 0.717) is 0 Å². The molecule has 0 bridgehead atoms. The van der Waals surface area contributed by atoms with E-state index in [9.17, 15) is 0 Å². The molecule has 0 spiro atoms. The predicted octanol–water partition coefficient (Wildman–Crippen LogP) is 3.51. The zero-order valence-electron chi connectivity index (χ0n) is 8.05. The lowest BCUT2D eigenvalue weighted by atomic mass is 10.3. The molecule has 1 rings (SSSR count). The summed E-state index contributed by atoms with van der Waals surface area (Å²) in [4.78, 5) is 5.81. The molecule has 0 aliphatic carbocycles. The van der Waals surface area contributed by atoms with Gasteiger partial charge >= 0.3 is 0 Å². The van der Waals surface area contributed by atoms with E-state index in [1.54, 1.807) is 0 Å². The molecule has 0 saturated carbocycles. The van der Waals surface area contributed by atoms with Crippen molar-refractivity contribution in [3.05, 3.63) is 10.6 Å². The number of rotatable bonds is 3. The van der Waals surface area contributed by atoms with Crippen LogP contribution in [0.5, 0.6) is 0 Å². The number of thiazole rings is 1. The monoisotopic (exact) mass is 201 g/mol. The van der Waals surface area contributed by atoms with E-state index in [1.165, 1.54) is 20.7 Å². The lowest BCUT2D eigenvalue weighted by Crippen LogP contribution is -1.89. The second-order valence-electron chi connectivity index (χ2n) is 3.33. The van der Waals surface area contributed by atoms with Gasteiger partial charge in [0.15, 0.2) is 0 Å². The largest absolute Gasteiger partial charge is 0.235 e. The van der Waals surface area contributed by atoms with E-state index >= 15 is 0 Å². The van der Waals surface area contributed by atoms with Crippen molar-refractivity contribution in [3.8, 4) is 0 Å². The molecule has 0 amide bonds. The topological polar surface area (TPSA) is 12.9 Å². The summed E-state index contributed by atoms with van der Waals surface area (Å²) in [5.41, 5.74) is 1.19. The summed E-state index contributed by atoms with van der Waals surface area (Å²) in [7, 11) is 0. The molecule has 0 radical (unpaired) electrons. The van der Waals surface area contributed by atoms with Crippen molar-refractivity contribution in [1.29, 1.82) is 0 Å². The Hall–Kier alpha value is -0.0200. The van der Waals surface area contributed by atoms with Crippen LogP contribution in [-0.4, -0.2) is 10.7 Å². The Labute approximate surface area is 82.6 Å². The Balaban J connectivity index is 2.53. The van der Waals surface area contributed by atoms with Gasteiger partial charge in [0.2, 0.25) is 0 Å². The fraction of sp³-hybridized carbons (Fsp3) is 0.667. The van der Waals surface area contributed by atoms with Crippen LogP contribution >= 0.6 is 23.1 Å². The van der Waals surface area contributed by atoms with Crippen molar-refractivity contribution in [2.45, 2.75) is 32.0 Å². The van der Waals surface area contributed by atoms with Crippen LogP contribution in [0.1, 0.15) is 24.4 Å². The van der Waals surface area contributed by atoms with Crippen LogP contribution in [0.25, 0.3) is 0 Å². The van der Waals surface area contributed by atoms with Gasteiger partial charge in [0.1, 0.15) is 4.34 Å². The summed E-state index contributed by atoms with van der Waals surface area (Å²) in [6, 6.07) is 0. The van der Waals surface area contributed by atoms with Gasteiger partial charge < -0.3 is 0 Å². The number of thioether (sulfide) groups is 1. The van der Waals surface area contributed by atoms with E-state index in [2.05, 4.69) is 32.7 Å². The zero-order chi connectivity index (χ0) is 9.14. The summed E-state index contributed by atoms with van der Waals surface area (Å²) in [5.74, 6) is 1.92. The van der Waals surface area contributed by atoms with Gasteiger partial charge in [-0.1, -0.05) is 25.6 Å². The standard InChI is InChI=1S/C9H15NS2/c1-6(2)5-11-9-10-7(3)8(4)12-9/h6H,5H2,1-4H3. The first kappa shape index (κ1) is 10.1. The molecule has 12 heavy (non-hydrogen) atoms. The van der Waals surface area contributed by atoms with Gasteiger partial charge in [-0.2, -0.15) is 0 Å². The molecule has 0 fully saturated rings. The molecule has 0 unspecified atom stereocenters. The summed E-state index contributed by atoms with van der Waals surface area (Å²) in [5, 5.41) is 0. The third kappa shape index (κ3) is 2.79. The maximum absolute atomic E-state index is 4.46. The normalized spacial score (nSPS) is 11.1. The first-order valence-corrected chi connectivity index (χ1v) is 5.96. The van der Waals surface area contributed by atoms with Gasteiger partial charge in [0.05, 0.1) is 5.69 Å². The quantitative estimate of drug-likeness (QED) is 0.694. The lowest BCUT2D eigenvalue weighted by molar-refractivity contribution is 0.750. The third-order valence-corrected chi connectivity index (χ3v) is 4.19. The fourth-order valence-corrected chi connectivity index (χ4v) is 2.87. The van der Waals surface area contributed by atoms with Crippen LogP contribution in [-0.2, 0) is 0 Å². The highest BCUT2D eigenvalue weighted by Gasteiger charge is 2.04. The maximum Gasteiger partial charge on any atom is 0.150 e. The van der Waals surface area contributed by atoms with Gasteiger partial charge in [0.25, 0.3) is 0 Å². The highest BCUT2D eigenvalue weighted by molar-refractivity contribution is 8.01. The van der Waals surface area contributed by atoms with Crippen molar-refractivity contribution in [2.75, 3.05) is 5.75 Å². The minimum Gasteiger partial charge on any atom is -0.235 e. The Morgan fingerprint density at radius 1 is 1.42 bits per heavy atom. The predicted molar refractivity (Wildman–Crippen MR) is 57.2 cm³/mol. The summed E-state index contributed by atoms with van der Waals surface area (Å²) < 4.78 is 1.22. The van der Waals surface area contributed by atoms with Gasteiger partial charge in [-0.15, -0.1) is 11.3 Å². The minimum atomic E-state index is 0.750. The van der Waals surface area contributed by atoms with Crippen LogP contribution in [0.3, 0.4) is 0 Å². The Kier molecular flexibility index (Phi) is 3.59. The van der Waals surface area contributed by atoms with Gasteiger partial charge in [-0.05, 0) is 19.8 Å². The Morgan fingerprint density at radius 2 is 2.08 bits per heavy atom. The van der Waals surface area contributed by atoms with E-state index in [0.717, 1.165) is 5.92 Å². The first-order valence-electron chi connectivity index (χ1n) is 4.16. The van der Waals surface area contributed by atoms with Crippen molar-refractivity contribution in [3.63, 3.8) is 0 Å². The van der Waals surface area contributed by atoms with Crippen LogP contribution < -0.4 is 0 Å². The SMILES string of the molecule is Cc1nc(SCC(C)C)sc1C. The van der Waals surface area contributed by atoms with Crippen LogP contribution in [0.2, 0.25) is 0 Å².